The Kier molecular flexibility index (Phi) is 4.71. The maximum atomic E-state index is 12.5. The molecule has 0 aliphatic heterocycles. The smallest absolute Gasteiger partial charge is 0.180 e. The predicted molar refractivity (Wildman–Crippen MR) is 77.4 cm³/mol. The Bertz CT molecular complexity index is 473. The Morgan fingerprint density at radius 3 is 2.56 bits per heavy atom. The SMILES string of the molecule is CCCCC(C(=O)c1cccs1)c1ccccc1. The van der Waals surface area contributed by atoms with E-state index in [0.29, 0.717) is 0 Å². The first kappa shape index (κ1) is 13.0. The van der Waals surface area contributed by atoms with E-state index in [1.54, 1.807) is 0 Å². The molecule has 1 heterocycles. The molecule has 0 saturated carbocycles. The van der Waals surface area contributed by atoms with Crippen LogP contribution in [0.25, 0.3) is 0 Å². The molecule has 0 saturated heterocycles. The zero-order chi connectivity index (χ0) is 12.8. The van der Waals surface area contributed by atoms with Crippen LogP contribution in [-0.2, 0) is 0 Å². The van der Waals surface area contributed by atoms with Gasteiger partial charge in [0.1, 0.15) is 0 Å². The summed E-state index contributed by atoms with van der Waals surface area (Å²) >= 11 is 1.54. The number of hydrogen-bond donors (Lipinski definition) is 0. The van der Waals surface area contributed by atoms with Crippen molar-refractivity contribution in [2.24, 2.45) is 0 Å². The molecule has 0 fully saturated rings. The highest BCUT2D eigenvalue weighted by Gasteiger charge is 2.21. The van der Waals surface area contributed by atoms with Crippen molar-refractivity contribution in [3.63, 3.8) is 0 Å². The van der Waals surface area contributed by atoms with Gasteiger partial charge in [0.2, 0.25) is 0 Å². The number of Topliss-reactive ketones (excluding diaryl/α,β-unsaturated/α-hetero) is 1. The average Bonchev–Trinajstić information content (AvgIpc) is 2.94. The number of rotatable bonds is 6. The second-order valence-electron chi connectivity index (χ2n) is 4.45. The van der Waals surface area contributed by atoms with Gasteiger partial charge in [-0.1, -0.05) is 56.2 Å². The molecular formula is C16H18OS. The van der Waals surface area contributed by atoms with Crippen LogP contribution in [0.5, 0.6) is 0 Å². The van der Waals surface area contributed by atoms with Crippen LogP contribution in [0.3, 0.4) is 0 Å². The molecule has 0 aliphatic rings. The molecule has 0 aliphatic carbocycles. The Morgan fingerprint density at radius 2 is 1.94 bits per heavy atom. The molecule has 2 rings (SSSR count). The van der Waals surface area contributed by atoms with Gasteiger partial charge in [0, 0.05) is 5.92 Å². The van der Waals surface area contributed by atoms with Crippen molar-refractivity contribution < 1.29 is 4.79 Å². The van der Waals surface area contributed by atoms with Crippen LogP contribution in [0, 0.1) is 0 Å². The van der Waals surface area contributed by atoms with Gasteiger partial charge in [0.25, 0.3) is 0 Å². The lowest BCUT2D eigenvalue weighted by Gasteiger charge is -2.15. The molecule has 0 spiro atoms. The summed E-state index contributed by atoms with van der Waals surface area (Å²) in [6, 6.07) is 14.0. The summed E-state index contributed by atoms with van der Waals surface area (Å²) in [6.07, 6.45) is 3.16. The van der Waals surface area contributed by atoms with Crippen molar-refractivity contribution in [2.45, 2.75) is 32.1 Å². The Hall–Kier alpha value is -1.41. The highest BCUT2D eigenvalue weighted by atomic mass is 32.1. The van der Waals surface area contributed by atoms with Gasteiger partial charge in [-0.05, 0) is 23.4 Å². The fourth-order valence-electron chi connectivity index (χ4n) is 2.13. The van der Waals surface area contributed by atoms with Crippen molar-refractivity contribution in [1.82, 2.24) is 0 Å². The molecule has 1 unspecified atom stereocenters. The quantitative estimate of drug-likeness (QED) is 0.673. The summed E-state index contributed by atoms with van der Waals surface area (Å²) < 4.78 is 0. The van der Waals surface area contributed by atoms with Crippen molar-refractivity contribution in [2.75, 3.05) is 0 Å². The molecular weight excluding hydrogens is 240 g/mol. The van der Waals surface area contributed by atoms with E-state index in [0.717, 1.165) is 29.7 Å². The van der Waals surface area contributed by atoms with Crippen molar-refractivity contribution in [1.29, 1.82) is 0 Å². The molecule has 1 aromatic heterocycles. The Morgan fingerprint density at radius 1 is 1.17 bits per heavy atom. The molecule has 0 radical (unpaired) electrons. The first-order valence-corrected chi connectivity index (χ1v) is 7.33. The predicted octanol–water partition coefficient (Wildman–Crippen LogP) is 4.90. The van der Waals surface area contributed by atoms with Gasteiger partial charge in [0.05, 0.1) is 4.88 Å². The topological polar surface area (TPSA) is 17.1 Å². The van der Waals surface area contributed by atoms with E-state index in [2.05, 4.69) is 19.1 Å². The molecule has 0 N–H and O–H groups in total. The van der Waals surface area contributed by atoms with Gasteiger partial charge in [-0.25, -0.2) is 0 Å². The zero-order valence-electron chi connectivity index (χ0n) is 10.6. The monoisotopic (exact) mass is 258 g/mol. The minimum Gasteiger partial charge on any atom is -0.293 e. The third kappa shape index (κ3) is 3.08. The van der Waals surface area contributed by atoms with Gasteiger partial charge >= 0.3 is 0 Å². The number of benzene rings is 1. The fourth-order valence-corrected chi connectivity index (χ4v) is 2.85. The van der Waals surface area contributed by atoms with Gasteiger partial charge < -0.3 is 0 Å². The molecule has 18 heavy (non-hydrogen) atoms. The van der Waals surface area contributed by atoms with Crippen LogP contribution in [0.15, 0.2) is 47.8 Å². The molecule has 2 heteroatoms. The van der Waals surface area contributed by atoms with E-state index in [9.17, 15) is 4.79 Å². The number of unbranched alkanes of at least 4 members (excludes halogenated alkanes) is 1. The van der Waals surface area contributed by atoms with Crippen LogP contribution in [0.4, 0.5) is 0 Å². The van der Waals surface area contributed by atoms with E-state index in [4.69, 9.17) is 0 Å². The van der Waals surface area contributed by atoms with Crippen molar-refractivity contribution in [3.05, 3.63) is 58.3 Å². The first-order valence-electron chi connectivity index (χ1n) is 6.45. The van der Waals surface area contributed by atoms with E-state index < -0.39 is 0 Å². The van der Waals surface area contributed by atoms with Gasteiger partial charge in [-0.3, -0.25) is 4.79 Å². The first-order chi connectivity index (χ1) is 8.83. The number of thiophene rings is 1. The van der Waals surface area contributed by atoms with Crippen LogP contribution in [-0.4, -0.2) is 5.78 Å². The van der Waals surface area contributed by atoms with Crippen LogP contribution >= 0.6 is 11.3 Å². The summed E-state index contributed by atoms with van der Waals surface area (Å²) in [6.45, 7) is 2.16. The van der Waals surface area contributed by atoms with Crippen LogP contribution < -0.4 is 0 Å². The van der Waals surface area contributed by atoms with Crippen molar-refractivity contribution in [3.8, 4) is 0 Å². The fraction of sp³-hybridized carbons (Fsp3) is 0.312. The van der Waals surface area contributed by atoms with E-state index >= 15 is 0 Å². The van der Waals surface area contributed by atoms with E-state index in [1.165, 1.54) is 11.3 Å². The van der Waals surface area contributed by atoms with E-state index in [-0.39, 0.29) is 11.7 Å². The minimum atomic E-state index is 0.0183. The molecule has 1 atom stereocenters. The third-order valence-corrected chi connectivity index (χ3v) is 4.01. The second kappa shape index (κ2) is 6.50. The van der Waals surface area contributed by atoms with Crippen LogP contribution in [0.2, 0.25) is 0 Å². The van der Waals surface area contributed by atoms with Gasteiger partial charge in [-0.2, -0.15) is 0 Å². The largest absolute Gasteiger partial charge is 0.293 e. The number of carbonyl (C=O) groups excluding carboxylic acids is 1. The number of hydrogen-bond acceptors (Lipinski definition) is 2. The maximum absolute atomic E-state index is 12.5. The lowest BCUT2D eigenvalue weighted by Crippen LogP contribution is -2.11. The summed E-state index contributed by atoms with van der Waals surface area (Å²) in [5.41, 5.74) is 1.14. The van der Waals surface area contributed by atoms with Crippen molar-refractivity contribution >= 4 is 17.1 Å². The van der Waals surface area contributed by atoms with Gasteiger partial charge in [0.15, 0.2) is 5.78 Å². The van der Waals surface area contributed by atoms with Gasteiger partial charge in [-0.15, -0.1) is 11.3 Å². The molecule has 1 nitrogen and oxygen atoms in total. The molecule has 2 aromatic rings. The third-order valence-electron chi connectivity index (χ3n) is 3.13. The standard InChI is InChI=1S/C16H18OS/c1-2-3-10-14(13-8-5-4-6-9-13)16(17)15-11-7-12-18-15/h4-9,11-12,14H,2-3,10H2,1H3. The number of ketones is 1. The molecule has 0 bridgehead atoms. The Balaban J connectivity index is 2.23. The minimum absolute atomic E-state index is 0.0183. The average molecular weight is 258 g/mol. The maximum Gasteiger partial charge on any atom is 0.180 e. The lowest BCUT2D eigenvalue weighted by molar-refractivity contribution is 0.0958. The summed E-state index contributed by atoms with van der Waals surface area (Å²) in [7, 11) is 0. The second-order valence-corrected chi connectivity index (χ2v) is 5.39. The highest BCUT2D eigenvalue weighted by Crippen LogP contribution is 2.28. The number of carbonyl (C=O) groups is 1. The summed E-state index contributed by atoms with van der Waals surface area (Å²) in [4.78, 5) is 13.4. The summed E-state index contributed by atoms with van der Waals surface area (Å²) in [5, 5.41) is 1.97. The molecule has 0 amide bonds. The lowest BCUT2D eigenvalue weighted by atomic mass is 9.89. The normalized spacial score (nSPS) is 12.3. The van der Waals surface area contributed by atoms with Crippen LogP contribution in [0.1, 0.15) is 47.3 Å². The molecule has 94 valence electrons. The zero-order valence-corrected chi connectivity index (χ0v) is 11.5. The van der Waals surface area contributed by atoms with E-state index in [1.807, 2.05) is 35.7 Å². The Labute approximate surface area is 112 Å². The highest BCUT2D eigenvalue weighted by molar-refractivity contribution is 7.12. The summed E-state index contributed by atoms with van der Waals surface area (Å²) in [5.74, 6) is 0.287. The molecule has 1 aromatic carbocycles.